The molecule has 4 rings (SSSR count). The van der Waals surface area contributed by atoms with Gasteiger partial charge in [-0.15, -0.1) is 0 Å². The number of nitrogens with zero attached hydrogens (tertiary/aromatic N) is 2. The Morgan fingerprint density at radius 3 is 2.10 bits per heavy atom. The number of hydrogen-bond donors (Lipinski definition) is 3. The topological polar surface area (TPSA) is 79.6 Å². The Morgan fingerprint density at radius 2 is 1.45 bits per heavy atom. The molecule has 3 N–H and O–H groups in total. The van der Waals surface area contributed by atoms with Gasteiger partial charge in [-0.3, -0.25) is 10.8 Å². The predicted octanol–water partition coefficient (Wildman–Crippen LogP) is 2.73. The van der Waals surface area contributed by atoms with E-state index in [-0.39, 0.29) is 11.7 Å². The lowest BCUT2D eigenvalue weighted by molar-refractivity contribution is 1.21. The molecule has 3 aromatic rings. The molecule has 20 heavy (non-hydrogen) atoms. The van der Waals surface area contributed by atoms with E-state index >= 15 is 0 Å². The van der Waals surface area contributed by atoms with E-state index in [0.717, 1.165) is 22.2 Å². The average Bonchev–Trinajstić information content (AvgIpc) is 3.00. The van der Waals surface area contributed by atoms with Gasteiger partial charge >= 0.3 is 0 Å². The molecule has 0 radical (unpaired) electrons. The van der Waals surface area contributed by atoms with Crippen molar-refractivity contribution in [2.45, 2.75) is 0 Å². The molecule has 1 aliphatic heterocycles. The summed E-state index contributed by atoms with van der Waals surface area (Å²) in [5.74, 6) is 1.08. The van der Waals surface area contributed by atoms with E-state index in [4.69, 9.17) is 10.8 Å². The Hall–Kier alpha value is -2.95. The van der Waals surface area contributed by atoms with Crippen LogP contribution in [0.2, 0.25) is 0 Å². The molecule has 0 spiro atoms. The number of anilines is 1. The van der Waals surface area contributed by atoms with Crippen molar-refractivity contribution >= 4 is 28.7 Å². The largest absolute Gasteiger partial charge is 0.323 e. The summed E-state index contributed by atoms with van der Waals surface area (Å²) in [6, 6.07) is 15.2. The zero-order valence-corrected chi connectivity index (χ0v) is 10.5. The minimum absolute atomic E-state index is 0.282. The van der Waals surface area contributed by atoms with Gasteiger partial charge in [-0.05, 0) is 12.1 Å². The summed E-state index contributed by atoms with van der Waals surface area (Å²) < 4.78 is 0. The van der Waals surface area contributed by atoms with Gasteiger partial charge in [0.25, 0.3) is 0 Å². The highest BCUT2D eigenvalue weighted by Crippen LogP contribution is 2.27. The number of H-pyrrole nitrogens is 1. The number of benzene rings is 2. The van der Waals surface area contributed by atoms with Crippen LogP contribution < -0.4 is 4.90 Å². The molecule has 5 nitrogen and oxygen atoms in total. The van der Waals surface area contributed by atoms with Crippen LogP contribution in [0.3, 0.4) is 0 Å². The van der Waals surface area contributed by atoms with Crippen molar-refractivity contribution < 1.29 is 0 Å². The second kappa shape index (κ2) is 3.77. The Bertz CT molecular complexity index is 793. The van der Waals surface area contributed by atoms with Gasteiger partial charge in [0.15, 0.2) is 0 Å². The monoisotopic (exact) mass is 261 g/mol. The van der Waals surface area contributed by atoms with Gasteiger partial charge in [-0.1, -0.05) is 36.4 Å². The number of aromatic nitrogens is 2. The van der Waals surface area contributed by atoms with E-state index in [0.29, 0.717) is 5.95 Å². The van der Waals surface area contributed by atoms with Gasteiger partial charge in [0.05, 0.1) is 11.0 Å². The third kappa shape index (κ3) is 1.34. The standard InChI is InChI=1S/C15H11N5/c16-13-9-5-1-2-6-10(9)14(17)20(13)15-18-11-7-3-4-8-12(11)19-15/h1-8,16-17H,(H,18,19). The van der Waals surface area contributed by atoms with E-state index in [1.54, 1.807) is 0 Å². The van der Waals surface area contributed by atoms with Crippen LogP contribution in [-0.2, 0) is 0 Å². The Balaban J connectivity index is 1.88. The molecule has 0 atom stereocenters. The first kappa shape index (κ1) is 10.9. The highest BCUT2D eigenvalue weighted by Gasteiger charge is 2.32. The number of nitrogens with one attached hydrogen (secondary N) is 3. The maximum absolute atomic E-state index is 8.25. The summed E-state index contributed by atoms with van der Waals surface area (Å²) in [6.07, 6.45) is 0. The predicted molar refractivity (Wildman–Crippen MR) is 78.7 cm³/mol. The molecule has 2 heterocycles. The first-order chi connectivity index (χ1) is 9.75. The van der Waals surface area contributed by atoms with Gasteiger partial charge in [0, 0.05) is 11.1 Å². The van der Waals surface area contributed by atoms with Crippen LogP contribution >= 0.6 is 0 Å². The smallest absolute Gasteiger partial charge is 0.215 e. The van der Waals surface area contributed by atoms with Crippen molar-refractivity contribution in [3.05, 3.63) is 59.7 Å². The first-order valence-corrected chi connectivity index (χ1v) is 6.27. The quantitative estimate of drug-likeness (QED) is 0.629. The van der Waals surface area contributed by atoms with Crippen molar-refractivity contribution in [2.75, 3.05) is 4.90 Å². The van der Waals surface area contributed by atoms with E-state index < -0.39 is 0 Å². The van der Waals surface area contributed by atoms with E-state index in [2.05, 4.69) is 9.97 Å². The molecule has 0 unspecified atom stereocenters. The molecule has 0 fully saturated rings. The van der Waals surface area contributed by atoms with E-state index in [1.165, 1.54) is 4.90 Å². The lowest BCUT2D eigenvalue weighted by Gasteiger charge is -2.13. The summed E-state index contributed by atoms with van der Waals surface area (Å²) in [7, 11) is 0. The number of fused-ring (bicyclic) bond motifs is 2. The summed E-state index contributed by atoms with van der Waals surface area (Å²) in [4.78, 5) is 9.17. The first-order valence-electron chi connectivity index (χ1n) is 6.27. The average molecular weight is 261 g/mol. The van der Waals surface area contributed by atoms with Gasteiger partial charge in [-0.2, -0.15) is 0 Å². The Labute approximate surface area is 114 Å². The maximum Gasteiger partial charge on any atom is 0.215 e. The van der Waals surface area contributed by atoms with Crippen molar-refractivity contribution in [1.82, 2.24) is 9.97 Å². The fraction of sp³-hybridized carbons (Fsp3) is 0. The Kier molecular flexibility index (Phi) is 2.06. The van der Waals surface area contributed by atoms with Crippen LogP contribution in [0.25, 0.3) is 11.0 Å². The van der Waals surface area contributed by atoms with E-state index in [9.17, 15) is 0 Å². The van der Waals surface area contributed by atoms with Crippen LogP contribution in [0.15, 0.2) is 48.5 Å². The normalized spacial score (nSPS) is 14.1. The summed E-state index contributed by atoms with van der Waals surface area (Å²) in [5, 5.41) is 16.5. The number of imidazole rings is 1. The third-order valence-corrected chi connectivity index (χ3v) is 3.47. The second-order valence-corrected chi connectivity index (χ2v) is 4.66. The van der Waals surface area contributed by atoms with Crippen LogP contribution in [-0.4, -0.2) is 21.6 Å². The highest BCUT2D eigenvalue weighted by atomic mass is 15.3. The van der Waals surface area contributed by atoms with Crippen LogP contribution in [0.5, 0.6) is 0 Å². The minimum atomic E-state index is 0.282. The maximum atomic E-state index is 8.25. The molecule has 0 bridgehead atoms. The molecule has 0 saturated heterocycles. The SMILES string of the molecule is N=C1c2ccccc2C(=N)N1c1nc2ccccc2[nH]1. The van der Waals surface area contributed by atoms with Crippen molar-refractivity contribution in [1.29, 1.82) is 10.8 Å². The number of amidine groups is 2. The summed E-state index contributed by atoms with van der Waals surface area (Å²) >= 11 is 0. The van der Waals surface area contributed by atoms with Crippen molar-refractivity contribution in [2.24, 2.45) is 0 Å². The second-order valence-electron chi connectivity index (χ2n) is 4.66. The minimum Gasteiger partial charge on any atom is -0.323 e. The molecule has 96 valence electrons. The molecule has 0 saturated carbocycles. The van der Waals surface area contributed by atoms with Crippen LogP contribution in [0.4, 0.5) is 5.95 Å². The molecular formula is C15H11N5. The molecule has 5 heteroatoms. The van der Waals surface area contributed by atoms with Crippen molar-refractivity contribution in [3.63, 3.8) is 0 Å². The molecule has 0 aliphatic carbocycles. The number of rotatable bonds is 1. The zero-order chi connectivity index (χ0) is 13.7. The molecule has 2 aromatic carbocycles. The van der Waals surface area contributed by atoms with Crippen LogP contribution in [0.1, 0.15) is 11.1 Å². The summed E-state index contributed by atoms with van der Waals surface area (Å²) in [6.45, 7) is 0. The zero-order valence-electron chi connectivity index (χ0n) is 10.5. The molecule has 1 aromatic heterocycles. The molecule has 1 aliphatic rings. The van der Waals surface area contributed by atoms with Crippen molar-refractivity contribution in [3.8, 4) is 0 Å². The number of para-hydroxylation sites is 2. The van der Waals surface area contributed by atoms with E-state index in [1.807, 2.05) is 48.5 Å². The number of aromatic amines is 1. The van der Waals surface area contributed by atoms with Gasteiger partial charge in [0.2, 0.25) is 5.95 Å². The van der Waals surface area contributed by atoms with Crippen LogP contribution in [0, 0.1) is 10.8 Å². The molecule has 0 amide bonds. The lowest BCUT2D eigenvalue weighted by atomic mass is 10.1. The van der Waals surface area contributed by atoms with Gasteiger partial charge in [-0.25, -0.2) is 9.88 Å². The molecular weight excluding hydrogens is 250 g/mol. The highest BCUT2D eigenvalue weighted by molar-refractivity contribution is 6.35. The Morgan fingerprint density at radius 1 is 0.850 bits per heavy atom. The van der Waals surface area contributed by atoms with Gasteiger partial charge < -0.3 is 4.98 Å². The third-order valence-electron chi connectivity index (χ3n) is 3.47. The lowest BCUT2D eigenvalue weighted by Crippen LogP contribution is -2.30. The number of hydrogen-bond acceptors (Lipinski definition) is 3. The van der Waals surface area contributed by atoms with Gasteiger partial charge in [0.1, 0.15) is 11.7 Å². The fourth-order valence-electron chi connectivity index (χ4n) is 2.51. The summed E-state index contributed by atoms with van der Waals surface area (Å²) in [5.41, 5.74) is 3.26. The fourth-order valence-corrected chi connectivity index (χ4v) is 2.51.